The third kappa shape index (κ3) is 3.39. The van der Waals surface area contributed by atoms with Gasteiger partial charge in [0.1, 0.15) is 0 Å². The van der Waals surface area contributed by atoms with Gasteiger partial charge in [0.25, 0.3) is 0 Å². The number of benzene rings is 1. The summed E-state index contributed by atoms with van der Waals surface area (Å²) in [5.41, 5.74) is 8.63. The molecule has 0 spiro atoms. The molecule has 0 saturated heterocycles. The SMILES string of the molecule is CCOC(=O)C(=[N+]=[N-])[C@H](O)c1ccc(Cl)cc1. The number of halogens is 1. The van der Waals surface area contributed by atoms with Crippen molar-refractivity contribution in [2.75, 3.05) is 6.61 Å². The molecule has 1 aromatic carbocycles. The molecule has 1 aromatic rings. The molecule has 0 aromatic heterocycles. The van der Waals surface area contributed by atoms with E-state index in [4.69, 9.17) is 17.1 Å². The molecule has 0 bridgehead atoms. The van der Waals surface area contributed by atoms with Crippen molar-refractivity contribution in [3.8, 4) is 0 Å². The molecule has 1 atom stereocenters. The first-order valence-corrected chi connectivity index (χ1v) is 5.30. The van der Waals surface area contributed by atoms with Crippen molar-refractivity contribution in [1.29, 1.82) is 0 Å². The third-order valence-electron chi connectivity index (χ3n) is 2.04. The second-order valence-corrected chi connectivity index (χ2v) is 3.60. The summed E-state index contributed by atoms with van der Waals surface area (Å²) >= 11 is 5.69. The highest BCUT2D eigenvalue weighted by atomic mass is 35.5. The van der Waals surface area contributed by atoms with Crippen LogP contribution in [0.15, 0.2) is 24.3 Å². The van der Waals surface area contributed by atoms with Crippen LogP contribution in [0, 0.1) is 0 Å². The van der Waals surface area contributed by atoms with Crippen LogP contribution >= 0.6 is 11.6 Å². The molecule has 90 valence electrons. The maximum Gasteiger partial charge on any atom is 0.420 e. The summed E-state index contributed by atoms with van der Waals surface area (Å²) in [6.45, 7) is 1.74. The van der Waals surface area contributed by atoms with E-state index in [9.17, 15) is 9.90 Å². The van der Waals surface area contributed by atoms with Crippen molar-refractivity contribution in [2.45, 2.75) is 13.0 Å². The van der Waals surface area contributed by atoms with Gasteiger partial charge in [-0.25, -0.2) is 4.79 Å². The molecule has 5 nitrogen and oxygen atoms in total. The number of aliphatic hydroxyl groups is 1. The molecule has 17 heavy (non-hydrogen) atoms. The Hall–Kier alpha value is -1.68. The lowest BCUT2D eigenvalue weighted by Gasteiger charge is -2.06. The van der Waals surface area contributed by atoms with E-state index >= 15 is 0 Å². The fraction of sp³-hybridized carbons (Fsp3) is 0.273. The normalized spacial score (nSPS) is 11.5. The molecule has 1 rings (SSSR count). The van der Waals surface area contributed by atoms with Gasteiger partial charge >= 0.3 is 11.7 Å². The number of carbonyl (C=O) groups excluding carboxylic acids is 1. The molecule has 0 saturated carbocycles. The number of carbonyl (C=O) groups is 1. The van der Waals surface area contributed by atoms with Gasteiger partial charge in [0.05, 0.1) is 6.61 Å². The van der Waals surface area contributed by atoms with Crippen LogP contribution in [0.1, 0.15) is 18.6 Å². The molecule has 0 aliphatic rings. The Labute approximate surface area is 103 Å². The summed E-state index contributed by atoms with van der Waals surface area (Å²) in [5, 5.41) is 10.3. The zero-order chi connectivity index (χ0) is 12.8. The van der Waals surface area contributed by atoms with E-state index in [2.05, 4.69) is 9.53 Å². The van der Waals surface area contributed by atoms with E-state index in [1.807, 2.05) is 0 Å². The molecule has 0 unspecified atom stereocenters. The first kappa shape index (κ1) is 13.4. The standard InChI is InChI=1S/C11H11ClN2O3/c1-2-17-11(16)9(14-13)10(15)7-3-5-8(12)6-4-7/h3-6,10,15H,2H2,1H3/t10-/m1/s1. The molecule has 0 aliphatic carbocycles. The highest BCUT2D eigenvalue weighted by molar-refractivity contribution is 6.35. The highest BCUT2D eigenvalue weighted by Crippen LogP contribution is 2.17. The number of aliphatic hydroxyl groups excluding tert-OH is 1. The van der Waals surface area contributed by atoms with E-state index in [0.29, 0.717) is 10.6 Å². The Bertz CT molecular complexity index is 452. The summed E-state index contributed by atoms with van der Waals surface area (Å²) in [4.78, 5) is 14.1. The molecule has 6 heteroatoms. The minimum atomic E-state index is -1.35. The van der Waals surface area contributed by atoms with Gasteiger partial charge in [-0.1, -0.05) is 23.7 Å². The fourth-order valence-corrected chi connectivity index (χ4v) is 1.34. The van der Waals surface area contributed by atoms with Crippen LogP contribution < -0.4 is 0 Å². The molecule has 1 N–H and O–H groups in total. The zero-order valence-corrected chi connectivity index (χ0v) is 9.89. The summed E-state index contributed by atoms with van der Waals surface area (Å²) in [6.07, 6.45) is -1.35. The summed E-state index contributed by atoms with van der Waals surface area (Å²) in [6, 6.07) is 6.16. The summed E-state index contributed by atoms with van der Waals surface area (Å²) < 4.78 is 4.65. The molecular weight excluding hydrogens is 244 g/mol. The first-order valence-electron chi connectivity index (χ1n) is 4.92. The van der Waals surface area contributed by atoms with Gasteiger partial charge in [-0.2, -0.15) is 4.79 Å². The van der Waals surface area contributed by atoms with Crippen molar-refractivity contribution in [1.82, 2.24) is 0 Å². The first-order chi connectivity index (χ1) is 8.10. The molecule has 0 amide bonds. The van der Waals surface area contributed by atoms with Crippen molar-refractivity contribution in [3.63, 3.8) is 0 Å². The van der Waals surface area contributed by atoms with Crippen LogP contribution in [0.3, 0.4) is 0 Å². The number of ether oxygens (including phenoxy) is 1. The third-order valence-corrected chi connectivity index (χ3v) is 2.29. The van der Waals surface area contributed by atoms with Crippen LogP contribution in [0.25, 0.3) is 5.53 Å². The second kappa shape index (κ2) is 6.15. The summed E-state index contributed by atoms with van der Waals surface area (Å²) in [5.74, 6) is -0.863. The molecule has 0 radical (unpaired) electrons. The largest absolute Gasteiger partial charge is 0.457 e. The number of esters is 1. The number of hydrogen-bond acceptors (Lipinski definition) is 3. The highest BCUT2D eigenvalue weighted by Gasteiger charge is 2.32. The molecule has 0 fully saturated rings. The Morgan fingerprint density at radius 2 is 2.12 bits per heavy atom. The predicted molar refractivity (Wildman–Crippen MR) is 61.7 cm³/mol. The van der Waals surface area contributed by atoms with Gasteiger partial charge in [0.15, 0.2) is 6.10 Å². The van der Waals surface area contributed by atoms with Gasteiger partial charge in [-0.3, -0.25) is 0 Å². The van der Waals surface area contributed by atoms with E-state index in [0.717, 1.165) is 0 Å². The minimum Gasteiger partial charge on any atom is -0.457 e. The van der Waals surface area contributed by atoms with Crippen LogP contribution in [0.2, 0.25) is 5.02 Å². The van der Waals surface area contributed by atoms with Gasteiger partial charge < -0.3 is 15.4 Å². The van der Waals surface area contributed by atoms with E-state index in [1.54, 1.807) is 19.1 Å². The van der Waals surface area contributed by atoms with Gasteiger partial charge in [0.2, 0.25) is 0 Å². The van der Waals surface area contributed by atoms with Crippen LogP contribution in [0.5, 0.6) is 0 Å². The van der Waals surface area contributed by atoms with Crippen molar-refractivity contribution in [2.24, 2.45) is 0 Å². The van der Waals surface area contributed by atoms with E-state index in [1.165, 1.54) is 12.1 Å². The average molecular weight is 255 g/mol. The lowest BCUT2D eigenvalue weighted by Crippen LogP contribution is -2.25. The van der Waals surface area contributed by atoms with Gasteiger partial charge in [-0.15, -0.1) is 0 Å². The number of hydrogen-bond donors (Lipinski definition) is 1. The monoisotopic (exact) mass is 254 g/mol. The Morgan fingerprint density at radius 1 is 1.53 bits per heavy atom. The van der Waals surface area contributed by atoms with Crippen molar-refractivity contribution >= 4 is 23.3 Å². The van der Waals surface area contributed by atoms with E-state index in [-0.39, 0.29) is 6.61 Å². The summed E-state index contributed by atoms with van der Waals surface area (Å²) in [7, 11) is 0. The topological polar surface area (TPSA) is 82.9 Å². The van der Waals surface area contributed by atoms with Crippen molar-refractivity contribution < 1.29 is 19.4 Å². The Kier molecular flexibility index (Phi) is 4.84. The Morgan fingerprint density at radius 3 is 2.59 bits per heavy atom. The molecular formula is C11H11ClN2O3. The van der Waals surface area contributed by atoms with Crippen LogP contribution in [-0.2, 0) is 9.53 Å². The smallest absolute Gasteiger partial charge is 0.420 e. The van der Waals surface area contributed by atoms with Crippen molar-refractivity contribution in [3.05, 3.63) is 40.4 Å². The van der Waals surface area contributed by atoms with Gasteiger partial charge in [0, 0.05) is 5.02 Å². The quantitative estimate of drug-likeness (QED) is 0.383. The maximum absolute atomic E-state index is 11.4. The minimum absolute atomic E-state index is 0.130. The zero-order valence-electron chi connectivity index (χ0n) is 9.13. The average Bonchev–Trinajstić information content (AvgIpc) is 2.31. The lowest BCUT2D eigenvalue weighted by atomic mass is 10.1. The van der Waals surface area contributed by atoms with E-state index < -0.39 is 17.8 Å². The van der Waals surface area contributed by atoms with Crippen LogP contribution in [0.4, 0.5) is 0 Å². The lowest BCUT2D eigenvalue weighted by molar-refractivity contribution is -0.141. The maximum atomic E-state index is 11.4. The predicted octanol–water partition coefficient (Wildman–Crippen LogP) is 1.61. The second-order valence-electron chi connectivity index (χ2n) is 3.16. The molecule has 0 aliphatic heterocycles. The van der Waals surface area contributed by atoms with Crippen LogP contribution in [-0.4, -0.2) is 28.2 Å². The fourth-order valence-electron chi connectivity index (χ4n) is 1.22. The number of rotatable bonds is 4. The number of nitrogens with zero attached hydrogens (tertiary/aromatic N) is 2. The van der Waals surface area contributed by atoms with Gasteiger partial charge in [-0.05, 0) is 24.6 Å². The Balaban J connectivity index is 2.94. The molecule has 0 heterocycles.